The van der Waals surface area contributed by atoms with Crippen molar-refractivity contribution in [2.24, 2.45) is 5.92 Å². The van der Waals surface area contributed by atoms with Crippen molar-refractivity contribution in [1.29, 1.82) is 0 Å². The van der Waals surface area contributed by atoms with E-state index in [-0.39, 0.29) is 0 Å². The number of aromatic nitrogens is 1. The Kier molecular flexibility index (Phi) is 5.61. The zero-order valence-corrected chi connectivity index (χ0v) is 18.2. The Morgan fingerprint density at radius 2 is 1.62 bits per heavy atom. The van der Waals surface area contributed by atoms with Crippen molar-refractivity contribution in [3.63, 3.8) is 0 Å². The molecule has 0 saturated heterocycles. The molecule has 0 aliphatic heterocycles. The van der Waals surface area contributed by atoms with Gasteiger partial charge in [0.2, 0.25) is 0 Å². The van der Waals surface area contributed by atoms with Gasteiger partial charge < -0.3 is 18.9 Å². The van der Waals surface area contributed by atoms with Crippen LogP contribution in [-0.4, -0.2) is 51.0 Å². The molecule has 3 aromatic rings. The molecule has 1 aliphatic rings. The summed E-state index contributed by atoms with van der Waals surface area (Å²) in [6, 6.07) is 12.8. The highest BCUT2D eigenvalue weighted by Crippen LogP contribution is 2.47. The fraction of sp³-hybridized carbons (Fsp3) is 0.292. The summed E-state index contributed by atoms with van der Waals surface area (Å²) in [5, 5.41) is 0.682. The van der Waals surface area contributed by atoms with Gasteiger partial charge in [0.15, 0.2) is 5.92 Å². The van der Waals surface area contributed by atoms with E-state index in [1.807, 2.05) is 24.3 Å². The van der Waals surface area contributed by atoms with Crippen LogP contribution in [0.4, 0.5) is 4.79 Å². The fourth-order valence-electron chi connectivity index (χ4n) is 4.60. The molecule has 1 heterocycles. The molecule has 1 atom stereocenters. The molecule has 0 spiro atoms. The number of carbonyl (C=O) groups excluding carboxylic acids is 3. The Labute approximate surface area is 184 Å². The first kappa shape index (κ1) is 21.4. The number of fused-ring (bicyclic) bond motifs is 4. The quantitative estimate of drug-likeness (QED) is 0.351. The number of esters is 2. The minimum Gasteiger partial charge on any atom is -0.497 e. The monoisotopic (exact) mass is 437 g/mol. The largest absolute Gasteiger partial charge is 0.497 e. The Bertz CT molecular complexity index is 1210. The van der Waals surface area contributed by atoms with Gasteiger partial charge in [-0.2, -0.15) is 0 Å². The Hall–Kier alpha value is -3.81. The topological polar surface area (TPSA) is 93.1 Å². The first-order chi connectivity index (χ1) is 15.5. The van der Waals surface area contributed by atoms with Crippen molar-refractivity contribution >= 4 is 28.9 Å². The van der Waals surface area contributed by atoms with E-state index in [0.717, 1.165) is 11.1 Å². The van der Waals surface area contributed by atoms with Crippen LogP contribution in [0.5, 0.6) is 5.75 Å². The predicted molar refractivity (Wildman–Crippen MR) is 115 cm³/mol. The minimum absolute atomic E-state index is 0.420. The lowest BCUT2D eigenvalue weighted by Gasteiger charge is -2.30. The lowest BCUT2D eigenvalue weighted by Crippen LogP contribution is -2.35. The number of methoxy groups -OCH3 is 4. The molecule has 0 N–H and O–H groups in total. The van der Waals surface area contributed by atoms with Crippen molar-refractivity contribution in [3.05, 3.63) is 64.8 Å². The van der Waals surface area contributed by atoms with Crippen molar-refractivity contribution in [1.82, 2.24) is 4.57 Å². The average Bonchev–Trinajstić information content (AvgIpc) is 3.15. The van der Waals surface area contributed by atoms with Crippen LogP contribution in [0.15, 0.2) is 42.5 Å². The summed E-state index contributed by atoms with van der Waals surface area (Å²) in [6.45, 7) is 0. The first-order valence-electron chi connectivity index (χ1n) is 9.99. The summed E-state index contributed by atoms with van der Waals surface area (Å²) in [6.07, 6.45) is -0.143. The van der Waals surface area contributed by atoms with E-state index in [9.17, 15) is 14.4 Å². The Morgan fingerprint density at radius 1 is 0.938 bits per heavy atom. The molecule has 1 aliphatic carbocycles. The van der Waals surface area contributed by atoms with Crippen molar-refractivity contribution in [2.45, 2.75) is 12.3 Å². The van der Waals surface area contributed by atoms with Gasteiger partial charge in [-0.15, -0.1) is 0 Å². The molecule has 32 heavy (non-hydrogen) atoms. The number of benzene rings is 2. The van der Waals surface area contributed by atoms with Crippen molar-refractivity contribution < 1.29 is 33.3 Å². The van der Waals surface area contributed by atoms with Crippen LogP contribution in [0.1, 0.15) is 28.3 Å². The molecule has 0 amide bonds. The smallest absolute Gasteiger partial charge is 0.418 e. The maximum absolute atomic E-state index is 12.8. The Balaban J connectivity index is 2.12. The van der Waals surface area contributed by atoms with E-state index in [0.29, 0.717) is 34.3 Å². The van der Waals surface area contributed by atoms with E-state index in [1.54, 1.807) is 25.3 Å². The van der Waals surface area contributed by atoms with E-state index < -0.39 is 29.9 Å². The number of hydrogen-bond donors (Lipinski definition) is 0. The van der Waals surface area contributed by atoms with Gasteiger partial charge in [-0.1, -0.05) is 24.3 Å². The van der Waals surface area contributed by atoms with Gasteiger partial charge >= 0.3 is 18.0 Å². The second kappa shape index (κ2) is 8.37. The fourth-order valence-corrected chi connectivity index (χ4v) is 4.60. The van der Waals surface area contributed by atoms with Gasteiger partial charge in [0.1, 0.15) is 5.75 Å². The van der Waals surface area contributed by atoms with Crippen LogP contribution in [-0.2, 0) is 30.2 Å². The van der Waals surface area contributed by atoms with Crippen LogP contribution in [0, 0.1) is 5.92 Å². The maximum Gasteiger partial charge on any atom is 0.418 e. The molecule has 2 aromatic carbocycles. The molecular weight excluding hydrogens is 414 g/mol. The summed E-state index contributed by atoms with van der Waals surface area (Å²) in [5.41, 5.74) is 3.59. The van der Waals surface area contributed by atoms with Crippen LogP contribution in [0.25, 0.3) is 10.9 Å². The van der Waals surface area contributed by atoms with E-state index in [4.69, 9.17) is 18.9 Å². The number of hydrogen-bond acceptors (Lipinski definition) is 7. The summed E-state index contributed by atoms with van der Waals surface area (Å²) in [7, 11) is 5.32. The molecule has 0 fully saturated rings. The molecule has 8 heteroatoms. The van der Waals surface area contributed by atoms with E-state index in [1.165, 1.54) is 25.9 Å². The van der Waals surface area contributed by atoms with Gasteiger partial charge in [-0.25, -0.2) is 9.36 Å². The predicted octanol–water partition coefficient (Wildman–Crippen LogP) is 3.26. The highest BCUT2D eigenvalue weighted by molar-refractivity contribution is 6.00. The van der Waals surface area contributed by atoms with Gasteiger partial charge in [-0.3, -0.25) is 9.59 Å². The minimum atomic E-state index is -1.26. The van der Waals surface area contributed by atoms with Crippen LogP contribution >= 0.6 is 0 Å². The number of carbonyl (C=O) groups is 3. The Morgan fingerprint density at radius 3 is 2.25 bits per heavy atom. The maximum atomic E-state index is 12.8. The number of ether oxygens (including phenoxy) is 4. The van der Waals surface area contributed by atoms with E-state index in [2.05, 4.69) is 0 Å². The standard InChI is InChI=1S/C24H23NO7/c1-29-14-9-10-17-16(12-14)19-18(25(17)24(28)32-4)11-13-7-5-6-8-15(13)20(19)21(22(26)30-2)23(27)31-3/h5-10,12,20-21H,11H2,1-4H3. The highest BCUT2D eigenvalue weighted by Gasteiger charge is 2.45. The SMILES string of the molecule is COC(=O)C(C(=O)OC)C1c2ccccc2Cc2c1c1cc(OC)ccc1n2C(=O)OC. The van der Waals surface area contributed by atoms with E-state index >= 15 is 0 Å². The lowest BCUT2D eigenvalue weighted by atomic mass is 9.73. The summed E-state index contributed by atoms with van der Waals surface area (Å²) < 4.78 is 21.9. The summed E-state index contributed by atoms with van der Waals surface area (Å²) in [5.74, 6) is -2.84. The van der Waals surface area contributed by atoms with Gasteiger partial charge in [0, 0.05) is 23.4 Å². The van der Waals surface area contributed by atoms with Gasteiger partial charge in [0.05, 0.1) is 34.0 Å². The second-order valence-corrected chi connectivity index (χ2v) is 7.43. The molecule has 8 nitrogen and oxygen atoms in total. The lowest BCUT2D eigenvalue weighted by molar-refractivity contribution is -0.159. The van der Waals surface area contributed by atoms with Crippen LogP contribution in [0.3, 0.4) is 0 Å². The average molecular weight is 437 g/mol. The third kappa shape index (κ3) is 3.19. The molecule has 4 rings (SSSR count). The van der Waals surface area contributed by atoms with Gasteiger partial charge in [-0.05, 0) is 34.9 Å². The third-order valence-corrected chi connectivity index (χ3v) is 5.98. The molecule has 0 radical (unpaired) electrons. The zero-order chi connectivity index (χ0) is 23.0. The summed E-state index contributed by atoms with van der Waals surface area (Å²) >= 11 is 0. The van der Waals surface area contributed by atoms with Crippen molar-refractivity contribution in [3.8, 4) is 5.75 Å². The van der Waals surface area contributed by atoms with Crippen molar-refractivity contribution in [2.75, 3.05) is 28.4 Å². The molecule has 1 unspecified atom stereocenters. The van der Waals surface area contributed by atoms with Gasteiger partial charge in [0.25, 0.3) is 0 Å². The molecule has 0 bridgehead atoms. The van der Waals surface area contributed by atoms with Crippen LogP contribution in [0.2, 0.25) is 0 Å². The van der Waals surface area contributed by atoms with Crippen LogP contribution < -0.4 is 4.74 Å². The summed E-state index contributed by atoms with van der Waals surface area (Å²) in [4.78, 5) is 38.5. The highest BCUT2D eigenvalue weighted by atomic mass is 16.5. The molecule has 1 aromatic heterocycles. The third-order valence-electron chi connectivity index (χ3n) is 5.98. The second-order valence-electron chi connectivity index (χ2n) is 7.43. The zero-order valence-electron chi connectivity index (χ0n) is 18.2. The first-order valence-corrected chi connectivity index (χ1v) is 9.99. The molecule has 166 valence electrons. The molecule has 0 saturated carbocycles. The number of nitrogens with zero attached hydrogens (tertiary/aromatic N) is 1. The number of rotatable bonds is 4. The molecular formula is C24H23NO7. The normalized spacial score (nSPS) is 14.5.